The first kappa shape index (κ1) is 11.4. The van der Waals surface area contributed by atoms with Gasteiger partial charge in [-0.05, 0) is 64.8 Å². The summed E-state index contributed by atoms with van der Waals surface area (Å²) in [6, 6.07) is 0.843. The molecule has 0 bridgehead atoms. The Morgan fingerprint density at radius 3 is 2.53 bits per heavy atom. The third kappa shape index (κ3) is 2.92. The smallest absolute Gasteiger partial charge is 0.0120 e. The van der Waals surface area contributed by atoms with Gasteiger partial charge < -0.3 is 10.6 Å². The van der Waals surface area contributed by atoms with Crippen molar-refractivity contribution in [2.45, 2.75) is 31.7 Å². The molecule has 0 amide bonds. The molecule has 2 N–H and O–H groups in total. The average molecular weight is 211 g/mol. The van der Waals surface area contributed by atoms with Gasteiger partial charge in [-0.15, -0.1) is 0 Å². The van der Waals surface area contributed by atoms with Gasteiger partial charge in [0.1, 0.15) is 0 Å². The maximum absolute atomic E-state index is 5.78. The predicted molar refractivity (Wildman–Crippen MR) is 63.9 cm³/mol. The molecule has 1 atom stereocenters. The number of hydrogen-bond acceptors (Lipinski definition) is 3. The molecule has 2 fully saturated rings. The fourth-order valence-electron chi connectivity index (χ4n) is 2.98. The molecule has 2 rings (SSSR count). The van der Waals surface area contributed by atoms with Gasteiger partial charge in [-0.3, -0.25) is 4.90 Å². The second kappa shape index (κ2) is 5.28. The summed E-state index contributed by atoms with van der Waals surface area (Å²) in [6.45, 7) is 5.99. The normalized spacial score (nSPS) is 32.0. The molecule has 2 heterocycles. The van der Waals surface area contributed by atoms with Crippen molar-refractivity contribution in [1.82, 2.24) is 9.80 Å². The van der Waals surface area contributed by atoms with E-state index >= 15 is 0 Å². The summed E-state index contributed by atoms with van der Waals surface area (Å²) in [5, 5.41) is 0. The van der Waals surface area contributed by atoms with Crippen LogP contribution in [0.2, 0.25) is 0 Å². The minimum Gasteiger partial charge on any atom is -0.330 e. The monoisotopic (exact) mass is 211 g/mol. The van der Waals surface area contributed by atoms with Crippen molar-refractivity contribution in [3.05, 3.63) is 0 Å². The molecule has 88 valence electrons. The van der Waals surface area contributed by atoms with Gasteiger partial charge in [0.25, 0.3) is 0 Å². The first-order chi connectivity index (χ1) is 7.29. The van der Waals surface area contributed by atoms with Crippen LogP contribution in [0.4, 0.5) is 0 Å². The molecule has 3 heteroatoms. The quantitative estimate of drug-likeness (QED) is 0.731. The Balaban J connectivity index is 1.82. The highest BCUT2D eigenvalue weighted by atomic mass is 15.2. The van der Waals surface area contributed by atoms with Gasteiger partial charge in [0, 0.05) is 12.6 Å². The molecule has 0 spiro atoms. The topological polar surface area (TPSA) is 32.5 Å². The van der Waals surface area contributed by atoms with Crippen molar-refractivity contribution < 1.29 is 0 Å². The Labute approximate surface area is 93.6 Å². The fraction of sp³-hybridized carbons (Fsp3) is 1.00. The molecule has 0 aromatic rings. The van der Waals surface area contributed by atoms with E-state index in [1.165, 1.54) is 51.9 Å². The number of rotatable bonds is 2. The van der Waals surface area contributed by atoms with Crippen molar-refractivity contribution in [3.8, 4) is 0 Å². The number of hydrogen-bond donors (Lipinski definition) is 1. The predicted octanol–water partition coefficient (Wildman–Crippen LogP) is 0.751. The molecule has 0 saturated carbocycles. The van der Waals surface area contributed by atoms with E-state index in [2.05, 4.69) is 16.8 Å². The van der Waals surface area contributed by atoms with Crippen molar-refractivity contribution in [2.75, 3.05) is 39.8 Å². The van der Waals surface area contributed by atoms with E-state index in [-0.39, 0.29) is 0 Å². The first-order valence-corrected chi connectivity index (χ1v) is 6.42. The fourth-order valence-corrected chi connectivity index (χ4v) is 2.98. The van der Waals surface area contributed by atoms with Crippen LogP contribution < -0.4 is 5.73 Å². The lowest BCUT2D eigenvalue weighted by Crippen LogP contribution is -2.48. The second-order valence-electron chi connectivity index (χ2n) is 5.27. The minimum absolute atomic E-state index is 0.762. The summed E-state index contributed by atoms with van der Waals surface area (Å²) in [5.41, 5.74) is 5.78. The van der Waals surface area contributed by atoms with E-state index in [1.807, 2.05) is 0 Å². The zero-order valence-corrected chi connectivity index (χ0v) is 9.99. The third-order valence-corrected chi connectivity index (χ3v) is 4.09. The largest absolute Gasteiger partial charge is 0.330 e. The Hall–Kier alpha value is -0.120. The number of nitrogens with zero attached hydrogens (tertiary/aromatic N) is 2. The molecule has 0 aromatic carbocycles. The van der Waals surface area contributed by atoms with Crippen molar-refractivity contribution >= 4 is 0 Å². The van der Waals surface area contributed by atoms with Crippen LogP contribution in [0.15, 0.2) is 0 Å². The molecular formula is C12H25N3. The molecule has 0 unspecified atom stereocenters. The lowest BCUT2D eigenvalue weighted by atomic mass is 9.94. The van der Waals surface area contributed by atoms with E-state index in [9.17, 15) is 0 Å². The van der Waals surface area contributed by atoms with Crippen LogP contribution >= 0.6 is 0 Å². The molecule has 2 aliphatic rings. The van der Waals surface area contributed by atoms with E-state index < -0.39 is 0 Å². The van der Waals surface area contributed by atoms with Crippen LogP contribution in [0.3, 0.4) is 0 Å². The summed E-state index contributed by atoms with van der Waals surface area (Å²) in [5.74, 6) is 0.762. The zero-order valence-electron chi connectivity index (χ0n) is 9.99. The van der Waals surface area contributed by atoms with Crippen LogP contribution in [0, 0.1) is 5.92 Å². The summed E-state index contributed by atoms with van der Waals surface area (Å²) in [7, 11) is 2.23. The van der Waals surface area contributed by atoms with Crippen LogP contribution in [-0.4, -0.2) is 55.6 Å². The molecule has 3 nitrogen and oxygen atoms in total. The highest BCUT2D eigenvalue weighted by Crippen LogP contribution is 2.22. The maximum Gasteiger partial charge on any atom is 0.0120 e. The molecule has 2 saturated heterocycles. The number of likely N-dealkylation sites (tertiary alicyclic amines) is 2. The lowest BCUT2D eigenvalue weighted by molar-refractivity contribution is 0.0807. The van der Waals surface area contributed by atoms with Crippen LogP contribution in [0.25, 0.3) is 0 Å². The van der Waals surface area contributed by atoms with Crippen molar-refractivity contribution in [2.24, 2.45) is 11.7 Å². The van der Waals surface area contributed by atoms with Gasteiger partial charge >= 0.3 is 0 Å². The van der Waals surface area contributed by atoms with Gasteiger partial charge in [0.2, 0.25) is 0 Å². The van der Waals surface area contributed by atoms with Crippen molar-refractivity contribution in [3.63, 3.8) is 0 Å². The summed E-state index contributed by atoms with van der Waals surface area (Å²) < 4.78 is 0. The standard InChI is InChI=1S/C12H25N3/c1-14-7-4-12(5-8-14)15-6-2-3-11(9-13)10-15/h11-12H,2-10,13H2,1H3/t11-/m1/s1. The SMILES string of the molecule is CN1CCC(N2CCC[C@H](CN)C2)CC1. The van der Waals surface area contributed by atoms with Crippen LogP contribution in [-0.2, 0) is 0 Å². The molecule has 15 heavy (non-hydrogen) atoms. The lowest BCUT2D eigenvalue weighted by Gasteiger charge is -2.41. The van der Waals surface area contributed by atoms with E-state index in [0.717, 1.165) is 18.5 Å². The van der Waals surface area contributed by atoms with Gasteiger partial charge in [-0.1, -0.05) is 0 Å². The highest BCUT2D eigenvalue weighted by Gasteiger charge is 2.27. The Kier molecular flexibility index (Phi) is 4.00. The Bertz CT molecular complexity index is 187. The van der Waals surface area contributed by atoms with Crippen LogP contribution in [0.5, 0.6) is 0 Å². The first-order valence-electron chi connectivity index (χ1n) is 6.42. The van der Waals surface area contributed by atoms with Gasteiger partial charge in [0.05, 0.1) is 0 Å². The summed E-state index contributed by atoms with van der Waals surface area (Å²) in [4.78, 5) is 5.15. The zero-order chi connectivity index (χ0) is 10.7. The number of nitrogens with two attached hydrogens (primary N) is 1. The molecule has 2 aliphatic heterocycles. The van der Waals surface area contributed by atoms with Crippen molar-refractivity contribution in [1.29, 1.82) is 0 Å². The Morgan fingerprint density at radius 1 is 1.13 bits per heavy atom. The van der Waals surface area contributed by atoms with Crippen LogP contribution in [0.1, 0.15) is 25.7 Å². The molecular weight excluding hydrogens is 186 g/mol. The Morgan fingerprint density at radius 2 is 1.87 bits per heavy atom. The average Bonchev–Trinajstić information content (AvgIpc) is 2.30. The summed E-state index contributed by atoms with van der Waals surface area (Å²) in [6.07, 6.45) is 5.41. The van der Waals surface area contributed by atoms with Gasteiger partial charge in [0.15, 0.2) is 0 Å². The second-order valence-corrected chi connectivity index (χ2v) is 5.27. The molecule has 0 aromatic heterocycles. The third-order valence-electron chi connectivity index (χ3n) is 4.09. The van der Waals surface area contributed by atoms with E-state index in [1.54, 1.807) is 0 Å². The van der Waals surface area contributed by atoms with E-state index in [4.69, 9.17) is 5.73 Å². The molecule has 0 radical (unpaired) electrons. The van der Waals surface area contributed by atoms with Gasteiger partial charge in [-0.2, -0.15) is 0 Å². The minimum atomic E-state index is 0.762. The number of piperidine rings is 2. The van der Waals surface area contributed by atoms with E-state index in [0.29, 0.717) is 0 Å². The maximum atomic E-state index is 5.78. The highest BCUT2D eigenvalue weighted by molar-refractivity contribution is 4.83. The van der Waals surface area contributed by atoms with Gasteiger partial charge in [-0.25, -0.2) is 0 Å². The molecule has 0 aliphatic carbocycles. The summed E-state index contributed by atoms with van der Waals surface area (Å²) >= 11 is 0.